The molecule has 0 unspecified atom stereocenters. The monoisotopic (exact) mass is 416 g/mol. The van der Waals surface area contributed by atoms with Gasteiger partial charge in [-0.3, -0.25) is 9.59 Å². The lowest BCUT2D eigenvalue weighted by molar-refractivity contribution is -0.122. The van der Waals surface area contributed by atoms with Crippen molar-refractivity contribution in [1.29, 1.82) is 0 Å². The number of ether oxygens (including phenoxy) is 1. The molecule has 3 aromatic rings. The number of hydrogen-bond donors (Lipinski definition) is 2. The van der Waals surface area contributed by atoms with Gasteiger partial charge in [0.05, 0.1) is 29.9 Å². The zero-order chi connectivity index (χ0) is 20.6. The molecule has 3 rings (SSSR count). The third kappa shape index (κ3) is 5.78. The van der Waals surface area contributed by atoms with E-state index in [0.29, 0.717) is 24.0 Å². The van der Waals surface area contributed by atoms with Crippen molar-refractivity contribution >= 4 is 40.3 Å². The van der Waals surface area contributed by atoms with Crippen molar-refractivity contribution in [3.05, 3.63) is 54.3 Å². The first-order valence-electron chi connectivity index (χ1n) is 8.96. The highest BCUT2D eigenvalue weighted by Gasteiger charge is 2.13. The van der Waals surface area contributed by atoms with E-state index in [0.717, 1.165) is 11.0 Å². The summed E-state index contributed by atoms with van der Waals surface area (Å²) in [7, 11) is 1.64. The average molecular weight is 416 g/mol. The first-order valence-corrected chi connectivity index (χ1v) is 9.94. The Bertz CT molecular complexity index is 991. The average Bonchev–Trinajstić information content (AvgIpc) is 3.08. The summed E-state index contributed by atoms with van der Waals surface area (Å²) < 4.78 is 20.1. The lowest BCUT2D eigenvalue weighted by Gasteiger charge is -2.09. The number of imidazole rings is 1. The number of amides is 2. The smallest absolute Gasteiger partial charge is 0.243 e. The molecule has 1 aromatic heterocycles. The maximum atomic E-state index is 12.9. The molecule has 0 radical (unpaired) electrons. The molecule has 2 amide bonds. The van der Waals surface area contributed by atoms with E-state index in [2.05, 4.69) is 15.6 Å². The number of rotatable bonds is 9. The molecule has 0 saturated heterocycles. The second-order valence-electron chi connectivity index (χ2n) is 6.15. The van der Waals surface area contributed by atoms with Crippen LogP contribution in [0.25, 0.3) is 11.0 Å². The number of benzene rings is 2. The Balaban J connectivity index is 1.52. The predicted octanol–water partition coefficient (Wildman–Crippen LogP) is 2.67. The lowest BCUT2D eigenvalue weighted by Crippen LogP contribution is -2.33. The molecule has 1 heterocycles. The molecule has 0 saturated carbocycles. The molecule has 7 nitrogen and oxygen atoms in total. The summed E-state index contributed by atoms with van der Waals surface area (Å²) in [4.78, 5) is 28.6. The molecule has 2 N–H and O–H groups in total. The zero-order valence-electron chi connectivity index (χ0n) is 15.9. The van der Waals surface area contributed by atoms with E-state index in [1.54, 1.807) is 7.11 Å². The standard InChI is InChI=1S/C20H21FN4O3S/c1-28-11-10-25-17-5-3-2-4-16(17)24-20(25)29-13-19(27)22-12-18(26)23-15-8-6-14(21)7-9-15/h2-9H,10-13H2,1H3,(H,22,27)(H,23,26). The highest BCUT2D eigenvalue weighted by atomic mass is 32.2. The largest absolute Gasteiger partial charge is 0.383 e. The van der Waals surface area contributed by atoms with Crippen LogP contribution in [0.15, 0.2) is 53.7 Å². The van der Waals surface area contributed by atoms with Crippen LogP contribution < -0.4 is 10.6 Å². The molecule has 0 bridgehead atoms. The molecule has 0 atom stereocenters. The third-order valence-corrected chi connectivity index (χ3v) is 5.02. The molecule has 152 valence electrons. The van der Waals surface area contributed by atoms with E-state index in [9.17, 15) is 14.0 Å². The second kappa shape index (κ2) is 10.0. The normalized spacial score (nSPS) is 10.8. The predicted molar refractivity (Wildman–Crippen MR) is 110 cm³/mol. The van der Waals surface area contributed by atoms with Crippen LogP contribution in [0, 0.1) is 5.82 Å². The number of carbonyl (C=O) groups excluding carboxylic acids is 2. The number of aromatic nitrogens is 2. The fraction of sp³-hybridized carbons (Fsp3) is 0.250. The number of nitrogens with zero attached hydrogens (tertiary/aromatic N) is 2. The molecular weight excluding hydrogens is 395 g/mol. The fourth-order valence-electron chi connectivity index (χ4n) is 2.66. The van der Waals surface area contributed by atoms with Crippen LogP contribution >= 0.6 is 11.8 Å². The lowest BCUT2D eigenvalue weighted by atomic mass is 10.3. The maximum absolute atomic E-state index is 12.9. The first-order chi connectivity index (χ1) is 14.1. The summed E-state index contributed by atoms with van der Waals surface area (Å²) in [6, 6.07) is 13.2. The van der Waals surface area contributed by atoms with E-state index in [4.69, 9.17) is 4.74 Å². The molecule has 2 aromatic carbocycles. The van der Waals surface area contributed by atoms with Gasteiger partial charge in [-0.05, 0) is 36.4 Å². The summed E-state index contributed by atoms with van der Waals surface area (Å²) >= 11 is 1.30. The minimum absolute atomic E-state index is 0.125. The van der Waals surface area contributed by atoms with Gasteiger partial charge < -0.3 is 19.9 Å². The third-order valence-electron chi connectivity index (χ3n) is 4.04. The van der Waals surface area contributed by atoms with Gasteiger partial charge in [-0.2, -0.15) is 0 Å². The molecule has 0 aliphatic carbocycles. The Morgan fingerprint density at radius 2 is 1.90 bits per heavy atom. The highest BCUT2D eigenvalue weighted by Crippen LogP contribution is 2.23. The van der Waals surface area contributed by atoms with Gasteiger partial charge >= 0.3 is 0 Å². The summed E-state index contributed by atoms with van der Waals surface area (Å²) in [5.41, 5.74) is 2.29. The van der Waals surface area contributed by atoms with Crippen LogP contribution in [-0.4, -0.2) is 47.4 Å². The van der Waals surface area contributed by atoms with Gasteiger partial charge in [0, 0.05) is 19.3 Å². The molecular formula is C20H21FN4O3S. The maximum Gasteiger partial charge on any atom is 0.243 e. The van der Waals surface area contributed by atoms with Crippen LogP contribution in [0.2, 0.25) is 0 Å². The molecule has 0 fully saturated rings. The number of anilines is 1. The van der Waals surface area contributed by atoms with Gasteiger partial charge in [0.15, 0.2) is 5.16 Å². The second-order valence-corrected chi connectivity index (χ2v) is 7.09. The summed E-state index contributed by atoms with van der Waals surface area (Å²) in [6.07, 6.45) is 0. The Morgan fingerprint density at radius 1 is 1.14 bits per heavy atom. The van der Waals surface area contributed by atoms with E-state index in [-0.39, 0.29) is 29.9 Å². The van der Waals surface area contributed by atoms with Crippen molar-refractivity contribution < 1.29 is 18.7 Å². The van der Waals surface area contributed by atoms with Gasteiger partial charge in [0.1, 0.15) is 5.82 Å². The van der Waals surface area contributed by atoms with Crippen molar-refractivity contribution in [1.82, 2.24) is 14.9 Å². The molecule has 0 spiro atoms. The van der Waals surface area contributed by atoms with Crippen LogP contribution in [-0.2, 0) is 20.9 Å². The quantitative estimate of drug-likeness (QED) is 0.524. The van der Waals surface area contributed by atoms with Gasteiger partial charge in [-0.1, -0.05) is 23.9 Å². The molecule has 9 heteroatoms. The summed E-state index contributed by atoms with van der Waals surface area (Å²) in [6.45, 7) is 0.988. The van der Waals surface area contributed by atoms with Crippen LogP contribution in [0.1, 0.15) is 0 Å². The van der Waals surface area contributed by atoms with Crippen molar-refractivity contribution in [2.45, 2.75) is 11.7 Å². The van der Waals surface area contributed by atoms with Crippen molar-refractivity contribution in [3.63, 3.8) is 0 Å². The van der Waals surface area contributed by atoms with E-state index in [1.807, 2.05) is 28.8 Å². The van der Waals surface area contributed by atoms with Gasteiger partial charge in [-0.15, -0.1) is 0 Å². The number of para-hydroxylation sites is 2. The van der Waals surface area contributed by atoms with E-state index in [1.165, 1.54) is 36.0 Å². The number of thioether (sulfide) groups is 1. The summed E-state index contributed by atoms with van der Waals surface area (Å²) in [5, 5.41) is 5.88. The highest BCUT2D eigenvalue weighted by molar-refractivity contribution is 7.99. The Hall–Kier alpha value is -2.91. The number of carbonyl (C=O) groups is 2. The summed E-state index contributed by atoms with van der Waals surface area (Å²) in [5.74, 6) is -0.929. The zero-order valence-corrected chi connectivity index (χ0v) is 16.7. The Labute approximate surface area is 171 Å². The van der Waals surface area contributed by atoms with E-state index >= 15 is 0 Å². The van der Waals surface area contributed by atoms with Gasteiger partial charge in [-0.25, -0.2) is 9.37 Å². The number of methoxy groups -OCH3 is 1. The molecule has 0 aliphatic heterocycles. The van der Waals surface area contributed by atoms with E-state index < -0.39 is 0 Å². The van der Waals surface area contributed by atoms with Crippen LogP contribution in [0.4, 0.5) is 10.1 Å². The first kappa shape index (κ1) is 20.8. The number of fused-ring (bicyclic) bond motifs is 1. The van der Waals surface area contributed by atoms with Gasteiger partial charge in [0.25, 0.3) is 0 Å². The van der Waals surface area contributed by atoms with Gasteiger partial charge in [0.2, 0.25) is 11.8 Å². The van der Waals surface area contributed by atoms with Crippen molar-refractivity contribution in [2.75, 3.05) is 31.3 Å². The van der Waals surface area contributed by atoms with Crippen LogP contribution in [0.3, 0.4) is 0 Å². The molecule has 29 heavy (non-hydrogen) atoms. The number of halogens is 1. The SMILES string of the molecule is COCCn1c(SCC(=O)NCC(=O)Nc2ccc(F)cc2)nc2ccccc21. The number of hydrogen-bond acceptors (Lipinski definition) is 5. The number of nitrogens with one attached hydrogen (secondary N) is 2. The Kier molecular flexibility index (Phi) is 7.20. The fourth-order valence-corrected chi connectivity index (χ4v) is 3.53. The van der Waals surface area contributed by atoms with Crippen molar-refractivity contribution in [3.8, 4) is 0 Å². The Morgan fingerprint density at radius 3 is 2.66 bits per heavy atom. The minimum Gasteiger partial charge on any atom is -0.383 e. The van der Waals surface area contributed by atoms with Crippen molar-refractivity contribution in [2.24, 2.45) is 0 Å². The van der Waals surface area contributed by atoms with Crippen LogP contribution in [0.5, 0.6) is 0 Å². The minimum atomic E-state index is -0.387. The topological polar surface area (TPSA) is 85.2 Å². The molecule has 0 aliphatic rings.